The monoisotopic (exact) mass is 221 g/mol. The van der Waals surface area contributed by atoms with Crippen molar-refractivity contribution in [3.05, 3.63) is 35.0 Å². The van der Waals surface area contributed by atoms with Crippen LogP contribution in [0.5, 0.6) is 0 Å². The molecule has 2 aromatic rings. The Hall–Kier alpha value is -1.50. The molecule has 0 bridgehead atoms. The number of hydrogen-bond acceptors (Lipinski definition) is 2. The molecule has 0 fully saturated rings. The lowest BCUT2D eigenvalue weighted by atomic mass is 10.1. The van der Waals surface area contributed by atoms with Crippen molar-refractivity contribution in [2.45, 2.75) is 6.42 Å². The molecular weight excluding hydrogens is 210 g/mol. The second-order valence-electron chi connectivity index (χ2n) is 3.04. The van der Waals surface area contributed by atoms with Crippen LogP contribution in [0.25, 0.3) is 10.9 Å². The van der Waals surface area contributed by atoms with Crippen molar-refractivity contribution in [2.75, 3.05) is 6.54 Å². The number of halogens is 1. The number of nitriles is 1. The van der Waals surface area contributed by atoms with Crippen LogP contribution >= 0.6 is 11.6 Å². The van der Waals surface area contributed by atoms with Crippen molar-refractivity contribution in [3.8, 4) is 6.57 Å². The first-order valence-corrected chi connectivity index (χ1v) is 4.90. The Balaban J connectivity index is 0.000000531. The molecule has 0 aliphatic carbocycles. The van der Waals surface area contributed by atoms with Gasteiger partial charge in [0.25, 0.3) is 0 Å². The molecule has 0 radical (unpaired) electrons. The van der Waals surface area contributed by atoms with Crippen LogP contribution < -0.4 is 5.73 Å². The van der Waals surface area contributed by atoms with Gasteiger partial charge in [0, 0.05) is 28.7 Å². The number of nitrogens with two attached hydrogens (primary N) is 1. The van der Waals surface area contributed by atoms with E-state index in [0.717, 1.165) is 17.0 Å². The summed E-state index contributed by atoms with van der Waals surface area (Å²) < 4.78 is 0. The number of fused-ring (bicyclic) bond motifs is 1. The van der Waals surface area contributed by atoms with Crippen LogP contribution in [0.2, 0.25) is 5.02 Å². The van der Waals surface area contributed by atoms with E-state index in [4.69, 9.17) is 22.6 Å². The molecule has 78 valence electrons. The normalized spacial score (nSPS) is 9.60. The molecule has 0 spiro atoms. The molecule has 0 aliphatic rings. The van der Waals surface area contributed by atoms with E-state index >= 15 is 0 Å². The lowest BCUT2D eigenvalue weighted by molar-refractivity contribution is 0.976. The Morgan fingerprint density at radius 1 is 1.40 bits per heavy atom. The van der Waals surface area contributed by atoms with Crippen LogP contribution in [0.15, 0.2) is 24.4 Å². The molecular formula is C11H12ClN3. The second kappa shape index (κ2) is 5.40. The average Bonchev–Trinajstić information content (AvgIpc) is 2.65. The minimum Gasteiger partial charge on any atom is -0.361 e. The molecule has 1 aromatic heterocycles. The third-order valence-corrected chi connectivity index (χ3v) is 2.38. The van der Waals surface area contributed by atoms with Gasteiger partial charge in [-0.3, -0.25) is 0 Å². The van der Waals surface area contributed by atoms with Gasteiger partial charge in [-0.15, -0.1) is 0 Å². The highest BCUT2D eigenvalue weighted by molar-refractivity contribution is 6.31. The van der Waals surface area contributed by atoms with Gasteiger partial charge < -0.3 is 10.7 Å². The van der Waals surface area contributed by atoms with Gasteiger partial charge in [-0.05, 0) is 36.7 Å². The van der Waals surface area contributed by atoms with Crippen molar-refractivity contribution in [1.82, 2.24) is 4.98 Å². The third kappa shape index (κ3) is 2.50. The fourth-order valence-corrected chi connectivity index (χ4v) is 1.69. The number of aromatic amines is 1. The lowest BCUT2D eigenvalue weighted by Crippen LogP contribution is -2.01. The summed E-state index contributed by atoms with van der Waals surface area (Å²) in [5.74, 6) is 0. The standard InChI is InChI=1S/C10H11ClN2.CHN/c11-8-1-2-10-9(5-8)7(3-4-12)6-13-10;1-2/h1-2,5-6,13H,3-4,12H2;1H. The molecule has 0 amide bonds. The molecule has 0 unspecified atom stereocenters. The summed E-state index contributed by atoms with van der Waals surface area (Å²) in [6, 6.07) is 5.84. The summed E-state index contributed by atoms with van der Waals surface area (Å²) in [6.45, 7) is 4.17. The summed E-state index contributed by atoms with van der Waals surface area (Å²) in [4.78, 5) is 3.19. The number of nitrogens with zero attached hydrogens (tertiary/aromatic N) is 1. The zero-order valence-corrected chi connectivity index (χ0v) is 8.96. The van der Waals surface area contributed by atoms with E-state index in [9.17, 15) is 0 Å². The van der Waals surface area contributed by atoms with Gasteiger partial charge in [0.2, 0.25) is 0 Å². The Morgan fingerprint density at radius 3 is 2.80 bits per heavy atom. The van der Waals surface area contributed by atoms with E-state index in [1.807, 2.05) is 24.4 Å². The van der Waals surface area contributed by atoms with E-state index in [1.165, 1.54) is 10.9 Å². The Labute approximate surface area is 93.5 Å². The summed E-state index contributed by atoms with van der Waals surface area (Å²) in [7, 11) is 0. The summed E-state index contributed by atoms with van der Waals surface area (Å²) in [6.07, 6.45) is 2.88. The van der Waals surface area contributed by atoms with Crippen molar-refractivity contribution in [1.29, 1.82) is 5.26 Å². The van der Waals surface area contributed by atoms with Gasteiger partial charge in [-0.1, -0.05) is 11.6 Å². The SMILES string of the molecule is C#N.NCCc1c[nH]c2ccc(Cl)cc12. The van der Waals surface area contributed by atoms with Crippen molar-refractivity contribution in [3.63, 3.8) is 0 Å². The predicted octanol–water partition coefficient (Wildman–Crippen LogP) is 2.46. The van der Waals surface area contributed by atoms with Gasteiger partial charge in [0.05, 0.1) is 0 Å². The second-order valence-corrected chi connectivity index (χ2v) is 3.48. The van der Waals surface area contributed by atoms with Gasteiger partial charge in [-0.2, -0.15) is 0 Å². The maximum Gasteiger partial charge on any atom is 0.0462 e. The summed E-state index contributed by atoms with van der Waals surface area (Å²) in [5.41, 5.74) is 7.86. The van der Waals surface area contributed by atoms with Gasteiger partial charge in [0.15, 0.2) is 0 Å². The van der Waals surface area contributed by atoms with E-state index in [2.05, 4.69) is 11.6 Å². The number of aromatic nitrogens is 1. The molecule has 3 N–H and O–H groups in total. The Morgan fingerprint density at radius 2 is 2.13 bits per heavy atom. The maximum atomic E-state index is 6.50. The highest BCUT2D eigenvalue weighted by atomic mass is 35.5. The minimum absolute atomic E-state index is 0.666. The van der Waals surface area contributed by atoms with Crippen molar-refractivity contribution >= 4 is 22.5 Å². The van der Waals surface area contributed by atoms with E-state index in [-0.39, 0.29) is 0 Å². The number of H-pyrrole nitrogens is 1. The molecule has 3 nitrogen and oxygen atoms in total. The molecule has 1 heterocycles. The first-order valence-electron chi connectivity index (χ1n) is 4.52. The Bertz CT molecular complexity index is 459. The topological polar surface area (TPSA) is 65.6 Å². The molecule has 0 atom stereocenters. The third-order valence-electron chi connectivity index (χ3n) is 2.14. The van der Waals surface area contributed by atoms with Crippen molar-refractivity contribution < 1.29 is 0 Å². The van der Waals surface area contributed by atoms with E-state index < -0.39 is 0 Å². The zero-order valence-electron chi connectivity index (χ0n) is 8.20. The number of hydrogen-bond donors (Lipinski definition) is 2. The van der Waals surface area contributed by atoms with Gasteiger partial charge >= 0.3 is 0 Å². The fraction of sp³-hybridized carbons (Fsp3) is 0.182. The first kappa shape index (κ1) is 11.6. The van der Waals surface area contributed by atoms with Crippen LogP contribution in [0.1, 0.15) is 5.56 Å². The highest BCUT2D eigenvalue weighted by Gasteiger charge is 2.02. The van der Waals surface area contributed by atoms with Crippen LogP contribution in [-0.4, -0.2) is 11.5 Å². The molecule has 1 aromatic carbocycles. The smallest absolute Gasteiger partial charge is 0.0462 e. The largest absolute Gasteiger partial charge is 0.361 e. The van der Waals surface area contributed by atoms with E-state index in [0.29, 0.717) is 6.54 Å². The maximum absolute atomic E-state index is 6.50. The summed E-state index contributed by atoms with van der Waals surface area (Å²) in [5, 5.41) is 8.45. The van der Waals surface area contributed by atoms with Gasteiger partial charge in [-0.25, -0.2) is 5.26 Å². The molecule has 2 rings (SSSR count). The van der Waals surface area contributed by atoms with Crippen LogP contribution in [0, 0.1) is 11.8 Å². The fourth-order valence-electron chi connectivity index (χ4n) is 1.51. The first-order chi connectivity index (χ1) is 7.31. The van der Waals surface area contributed by atoms with Crippen LogP contribution in [0.3, 0.4) is 0 Å². The number of nitrogens with one attached hydrogen (secondary N) is 1. The highest BCUT2D eigenvalue weighted by Crippen LogP contribution is 2.22. The molecule has 0 saturated carbocycles. The molecule has 0 aliphatic heterocycles. The molecule has 4 heteroatoms. The van der Waals surface area contributed by atoms with Crippen LogP contribution in [0.4, 0.5) is 0 Å². The van der Waals surface area contributed by atoms with Gasteiger partial charge in [0.1, 0.15) is 0 Å². The quantitative estimate of drug-likeness (QED) is 0.818. The number of benzene rings is 1. The average molecular weight is 222 g/mol. The zero-order chi connectivity index (χ0) is 11.3. The minimum atomic E-state index is 0.666. The van der Waals surface area contributed by atoms with Crippen LogP contribution in [-0.2, 0) is 6.42 Å². The predicted molar refractivity (Wildman–Crippen MR) is 62.7 cm³/mol. The molecule has 15 heavy (non-hydrogen) atoms. The Kier molecular flexibility index (Phi) is 4.17. The van der Waals surface area contributed by atoms with E-state index in [1.54, 1.807) is 0 Å². The molecule has 0 saturated heterocycles. The number of rotatable bonds is 2. The van der Waals surface area contributed by atoms with Crippen molar-refractivity contribution in [2.24, 2.45) is 5.73 Å². The lowest BCUT2D eigenvalue weighted by Gasteiger charge is -1.95. The summed E-state index contributed by atoms with van der Waals surface area (Å²) >= 11 is 5.90.